The number of hydrogen-bond donors (Lipinski definition) is 1. The lowest BCUT2D eigenvalue weighted by molar-refractivity contribution is -0.0304. The Hall–Kier alpha value is -1.13. The van der Waals surface area contributed by atoms with Gasteiger partial charge >= 0.3 is 0 Å². The van der Waals surface area contributed by atoms with Crippen molar-refractivity contribution in [3.05, 3.63) is 23.9 Å². The second-order valence-electron chi connectivity index (χ2n) is 4.88. The molecule has 0 bridgehead atoms. The number of morpholine rings is 1. The highest BCUT2D eigenvalue weighted by molar-refractivity contribution is 5.30. The first kappa shape index (κ1) is 13.3. The Balaban J connectivity index is 1.88. The zero-order chi connectivity index (χ0) is 12.8. The van der Waals surface area contributed by atoms with E-state index in [1.165, 1.54) is 25.8 Å². The normalized spacial score (nSPS) is 21.1. The molecule has 2 heterocycles. The van der Waals surface area contributed by atoms with E-state index in [-0.39, 0.29) is 6.10 Å². The third-order valence-electron chi connectivity index (χ3n) is 3.41. The Morgan fingerprint density at radius 2 is 2.33 bits per heavy atom. The summed E-state index contributed by atoms with van der Waals surface area (Å²) in [7, 11) is 0. The van der Waals surface area contributed by atoms with Gasteiger partial charge in [-0.1, -0.05) is 25.8 Å². The van der Waals surface area contributed by atoms with Crippen molar-refractivity contribution in [1.29, 1.82) is 0 Å². The van der Waals surface area contributed by atoms with Gasteiger partial charge in [-0.15, -0.1) is 0 Å². The molecule has 1 aliphatic rings. The van der Waals surface area contributed by atoms with Gasteiger partial charge in [-0.25, -0.2) is 4.98 Å². The molecule has 0 aliphatic carbocycles. The first-order valence-corrected chi connectivity index (χ1v) is 6.85. The molecule has 1 aliphatic heterocycles. The van der Waals surface area contributed by atoms with Crippen molar-refractivity contribution in [2.75, 3.05) is 32.0 Å². The molecule has 0 spiro atoms. The lowest BCUT2D eigenvalue weighted by Gasteiger charge is -2.33. The van der Waals surface area contributed by atoms with Crippen molar-refractivity contribution >= 4 is 5.82 Å². The number of nitrogens with zero attached hydrogens (tertiary/aromatic N) is 2. The summed E-state index contributed by atoms with van der Waals surface area (Å²) in [5, 5.41) is 0. The van der Waals surface area contributed by atoms with Crippen LogP contribution in [0.25, 0.3) is 0 Å². The van der Waals surface area contributed by atoms with Crippen molar-refractivity contribution in [2.24, 2.45) is 0 Å². The van der Waals surface area contributed by atoms with Gasteiger partial charge in [-0.2, -0.15) is 0 Å². The number of hydrogen-bond acceptors (Lipinski definition) is 4. The molecule has 4 nitrogen and oxygen atoms in total. The predicted molar refractivity (Wildman–Crippen MR) is 73.3 cm³/mol. The van der Waals surface area contributed by atoms with E-state index in [1.54, 1.807) is 0 Å². The highest BCUT2D eigenvalue weighted by atomic mass is 16.5. The minimum atomic E-state index is 0.147. The molecule has 1 fully saturated rings. The summed E-state index contributed by atoms with van der Waals surface area (Å²) < 4.78 is 5.82. The van der Waals surface area contributed by atoms with Crippen LogP contribution in [0.2, 0.25) is 0 Å². The molecule has 1 aromatic rings. The SMILES string of the molecule is CCCCCN1CCO[C@H](c2ccc(N)nc2)C1. The minimum absolute atomic E-state index is 0.147. The summed E-state index contributed by atoms with van der Waals surface area (Å²) in [6, 6.07) is 3.86. The van der Waals surface area contributed by atoms with Gasteiger partial charge < -0.3 is 10.5 Å². The summed E-state index contributed by atoms with van der Waals surface area (Å²) in [5.41, 5.74) is 6.73. The van der Waals surface area contributed by atoms with Crippen LogP contribution in [0.1, 0.15) is 37.9 Å². The third-order valence-corrected chi connectivity index (χ3v) is 3.41. The molecule has 0 unspecified atom stereocenters. The zero-order valence-electron chi connectivity index (χ0n) is 11.1. The Kier molecular flexibility index (Phi) is 4.96. The van der Waals surface area contributed by atoms with E-state index < -0.39 is 0 Å². The van der Waals surface area contributed by atoms with E-state index in [4.69, 9.17) is 10.5 Å². The highest BCUT2D eigenvalue weighted by Crippen LogP contribution is 2.22. The first-order valence-electron chi connectivity index (χ1n) is 6.85. The number of unbranched alkanes of at least 4 members (excludes halogenated alkanes) is 2. The lowest BCUT2D eigenvalue weighted by Crippen LogP contribution is -2.38. The Labute approximate surface area is 109 Å². The molecule has 0 aromatic carbocycles. The second kappa shape index (κ2) is 6.71. The predicted octanol–water partition coefficient (Wildman–Crippen LogP) is 2.23. The lowest BCUT2D eigenvalue weighted by atomic mass is 10.1. The summed E-state index contributed by atoms with van der Waals surface area (Å²) in [6.07, 6.45) is 5.84. The molecular weight excluding hydrogens is 226 g/mol. The molecule has 0 saturated carbocycles. The summed E-state index contributed by atoms with van der Waals surface area (Å²) in [6.45, 7) is 6.23. The van der Waals surface area contributed by atoms with Gasteiger partial charge in [0.2, 0.25) is 0 Å². The van der Waals surface area contributed by atoms with E-state index >= 15 is 0 Å². The first-order chi connectivity index (χ1) is 8.79. The number of rotatable bonds is 5. The Bertz CT molecular complexity index is 353. The average molecular weight is 249 g/mol. The van der Waals surface area contributed by atoms with Crippen LogP contribution in [0.3, 0.4) is 0 Å². The fourth-order valence-corrected chi connectivity index (χ4v) is 2.30. The molecule has 100 valence electrons. The topological polar surface area (TPSA) is 51.4 Å². The average Bonchev–Trinajstić information content (AvgIpc) is 2.40. The summed E-state index contributed by atoms with van der Waals surface area (Å²) in [4.78, 5) is 6.62. The monoisotopic (exact) mass is 249 g/mol. The van der Waals surface area contributed by atoms with Crippen molar-refractivity contribution in [3.63, 3.8) is 0 Å². The molecule has 2 N–H and O–H groups in total. The fraction of sp³-hybridized carbons (Fsp3) is 0.643. The van der Waals surface area contributed by atoms with E-state index in [9.17, 15) is 0 Å². The summed E-state index contributed by atoms with van der Waals surface area (Å²) >= 11 is 0. The number of ether oxygens (including phenoxy) is 1. The van der Waals surface area contributed by atoms with Crippen LogP contribution in [0.15, 0.2) is 18.3 Å². The molecule has 1 aromatic heterocycles. The van der Waals surface area contributed by atoms with Crippen LogP contribution in [-0.4, -0.2) is 36.1 Å². The molecule has 1 saturated heterocycles. The van der Waals surface area contributed by atoms with Gasteiger partial charge in [0.05, 0.1) is 12.7 Å². The quantitative estimate of drug-likeness (QED) is 0.813. The third kappa shape index (κ3) is 3.68. The maximum Gasteiger partial charge on any atom is 0.123 e. The molecule has 18 heavy (non-hydrogen) atoms. The molecule has 0 amide bonds. The minimum Gasteiger partial charge on any atom is -0.384 e. The molecule has 1 atom stereocenters. The van der Waals surface area contributed by atoms with E-state index in [2.05, 4.69) is 16.8 Å². The number of aromatic nitrogens is 1. The number of pyridine rings is 1. The van der Waals surface area contributed by atoms with Crippen molar-refractivity contribution < 1.29 is 4.74 Å². The fourth-order valence-electron chi connectivity index (χ4n) is 2.30. The number of anilines is 1. The maximum atomic E-state index is 5.82. The van der Waals surface area contributed by atoms with E-state index in [0.717, 1.165) is 25.3 Å². The molecular formula is C14H23N3O. The van der Waals surface area contributed by atoms with Crippen molar-refractivity contribution in [3.8, 4) is 0 Å². The molecule has 0 radical (unpaired) electrons. The van der Waals surface area contributed by atoms with Crippen LogP contribution >= 0.6 is 0 Å². The number of nitrogen functional groups attached to an aromatic ring is 1. The molecule has 2 rings (SSSR count). The molecule has 4 heteroatoms. The van der Waals surface area contributed by atoms with Gasteiger partial charge in [-0.05, 0) is 19.0 Å². The Morgan fingerprint density at radius 1 is 1.44 bits per heavy atom. The van der Waals surface area contributed by atoms with Gasteiger partial charge in [-0.3, -0.25) is 4.90 Å². The Morgan fingerprint density at radius 3 is 3.06 bits per heavy atom. The van der Waals surface area contributed by atoms with Crippen LogP contribution in [0.5, 0.6) is 0 Å². The van der Waals surface area contributed by atoms with E-state index in [0.29, 0.717) is 5.82 Å². The smallest absolute Gasteiger partial charge is 0.123 e. The van der Waals surface area contributed by atoms with Crippen molar-refractivity contribution in [2.45, 2.75) is 32.3 Å². The van der Waals surface area contributed by atoms with Gasteiger partial charge in [0, 0.05) is 24.8 Å². The van der Waals surface area contributed by atoms with Crippen LogP contribution in [0.4, 0.5) is 5.82 Å². The zero-order valence-corrected chi connectivity index (χ0v) is 11.1. The van der Waals surface area contributed by atoms with Crippen LogP contribution < -0.4 is 5.73 Å². The van der Waals surface area contributed by atoms with Crippen LogP contribution in [0, 0.1) is 0 Å². The second-order valence-corrected chi connectivity index (χ2v) is 4.88. The van der Waals surface area contributed by atoms with Gasteiger partial charge in [0.15, 0.2) is 0 Å². The van der Waals surface area contributed by atoms with Gasteiger partial charge in [0.25, 0.3) is 0 Å². The van der Waals surface area contributed by atoms with Crippen LogP contribution in [-0.2, 0) is 4.74 Å². The highest BCUT2D eigenvalue weighted by Gasteiger charge is 2.21. The number of nitrogens with two attached hydrogens (primary N) is 1. The largest absolute Gasteiger partial charge is 0.384 e. The maximum absolute atomic E-state index is 5.82. The van der Waals surface area contributed by atoms with Crippen molar-refractivity contribution in [1.82, 2.24) is 9.88 Å². The van der Waals surface area contributed by atoms with E-state index in [1.807, 2.05) is 18.3 Å². The standard InChI is InChI=1S/C14H23N3O/c1-2-3-4-7-17-8-9-18-13(11-17)12-5-6-14(15)16-10-12/h5-6,10,13H,2-4,7-9,11H2,1H3,(H2,15,16)/t13-/m0/s1. The van der Waals surface area contributed by atoms with Gasteiger partial charge in [0.1, 0.15) is 5.82 Å². The summed E-state index contributed by atoms with van der Waals surface area (Å²) in [5.74, 6) is 0.564.